The summed E-state index contributed by atoms with van der Waals surface area (Å²) in [5, 5.41) is 2.73. The van der Waals surface area contributed by atoms with E-state index in [1.54, 1.807) is 0 Å². The van der Waals surface area contributed by atoms with Crippen molar-refractivity contribution in [2.45, 2.75) is 46.1 Å². The Kier molecular flexibility index (Phi) is 6.12. The minimum absolute atomic E-state index is 0.107. The molecule has 0 radical (unpaired) electrons. The molecule has 5 nitrogen and oxygen atoms in total. The lowest BCUT2D eigenvalue weighted by atomic mass is 10.1. The quantitative estimate of drug-likeness (QED) is 0.777. The summed E-state index contributed by atoms with van der Waals surface area (Å²) in [7, 11) is -3.29. The standard InChI is InChI=1S/C11H24N2O3S/c1-6-8-12-10(14)7-9-13(11(2,3)4)17(5,15)16/h6-9H2,1-5H3,(H,12,14). The molecule has 0 spiro atoms. The Morgan fingerprint density at radius 2 is 1.82 bits per heavy atom. The monoisotopic (exact) mass is 264 g/mol. The van der Waals surface area contributed by atoms with Gasteiger partial charge in [0.2, 0.25) is 15.9 Å². The average Bonchev–Trinajstić information content (AvgIpc) is 2.10. The fourth-order valence-corrected chi connectivity index (χ4v) is 2.97. The summed E-state index contributed by atoms with van der Waals surface area (Å²) in [4.78, 5) is 11.4. The van der Waals surface area contributed by atoms with Crippen LogP contribution in [0, 0.1) is 0 Å². The van der Waals surface area contributed by atoms with Crippen LogP contribution >= 0.6 is 0 Å². The molecule has 0 saturated heterocycles. The van der Waals surface area contributed by atoms with Crippen molar-refractivity contribution in [3.05, 3.63) is 0 Å². The molecule has 0 saturated carbocycles. The maximum absolute atomic E-state index is 11.6. The summed E-state index contributed by atoms with van der Waals surface area (Å²) in [5.41, 5.74) is -0.501. The number of hydrogen-bond acceptors (Lipinski definition) is 3. The molecule has 0 rings (SSSR count). The van der Waals surface area contributed by atoms with Gasteiger partial charge in [0.25, 0.3) is 0 Å². The van der Waals surface area contributed by atoms with Crippen molar-refractivity contribution < 1.29 is 13.2 Å². The van der Waals surface area contributed by atoms with Crippen LogP contribution in [0.15, 0.2) is 0 Å². The molecule has 6 heteroatoms. The smallest absolute Gasteiger partial charge is 0.221 e. The third-order valence-electron chi connectivity index (χ3n) is 2.26. The van der Waals surface area contributed by atoms with E-state index in [9.17, 15) is 13.2 Å². The second-order valence-electron chi connectivity index (χ2n) is 5.11. The van der Waals surface area contributed by atoms with Gasteiger partial charge in [-0.05, 0) is 27.2 Å². The van der Waals surface area contributed by atoms with E-state index < -0.39 is 15.6 Å². The van der Waals surface area contributed by atoms with E-state index in [0.29, 0.717) is 6.54 Å². The minimum Gasteiger partial charge on any atom is -0.356 e. The Hall–Kier alpha value is -0.620. The molecule has 0 unspecified atom stereocenters. The molecule has 0 heterocycles. The molecule has 0 bridgehead atoms. The van der Waals surface area contributed by atoms with Gasteiger partial charge in [0.15, 0.2) is 0 Å². The summed E-state index contributed by atoms with van der Waals surface area (Å²) in [6.07, 6.45) is 2.24. The second-order valence-corrected chi connectivity index (χ2v) is 7.01. The van der Waals surface area contributed by atoms with Gasteiger partial charge in [0.05, 0.1) is 6.26 Å². The van der Waals surface area contributed by atoms with Crippen LogP contribution in [0.1, 0.15) is 40.5 Å². The molecule has 0 aliphatic heterocycles. The highest BCUT2D eigenvalue weighted by Gasteiger charge is 2.29. The zero-order valence-corrected chi connectivity index (χ0v) is 12.2. The van der Waals surface area contributed by atoms with E-state index in [0.717, 1.165) is 6.42 Å². The summed E-state index contributed by atoms with van der Waals surface area (Å²) < 4.78 is 24.6. The van der Waals surface area contributed by atoms with E-state index in [1.165, 1.54) is 10.6 Å². The van der Waals surface area contributed by atoms with Gasteiger partial charge in [-0.25, -0.2) is 8.42 Å². The van der Waals surface area contributed by atoms with E-state index in [1.807, 2.05) is 27.7 Å². The Morgan fingerprint density at radius 3 is 2.18 bits per heavy atom. The van der Waals surface area contributed by atoms with Crippen LogP contribution in [0.2, 0.25) is 0 Å². The van der Waals surface area contributed by atoms with E-state index >= 15 is 0 Å². The normalized spacial score (nSPS) is 12.8. The van der Waals surface area contributed by atoms with Gasteiger partial charge < -0.3 is 5.32 Å². The fraction of sp³-hybridized carbons (Fsp3) is 0.909. The van der Waals surface area contributed by atoms with Crippen molar-refractivity contribution >= 4 is 15.9 Å². The third kappa shape index (κ3) is 6.63. The first kappa shape index (κ1) is 16.4. The summed E-state index contributed by atoms with van der Waals surface area (Å²) in [5.74, 6) is -0.107. The first-order chi connectivity index (χ1) is 7.59. The Bertz CT molecular complexity index is 344. The van der Waals surface area contributed by atoms with Crippen molar-refractivity contribution in [3.8, 4) is 0 Å². The van der Waals surface area contributed by atoms with Gasteiger partial charge in [-0.2, -0.15) is 4.31 Å². The van der Waals surface area contributed by atoms with Crippen LogP contribution in [-0.2, 0) is 14.8 Å². The van der Waals surface area contributed by atoms with Crippen molar-refractivity contribution in [1.29, 1.82) is 0 Å². The second kappa shape index (κ2) is 6.35. The lowest BCUT2D eigenvalue weighted by Gasteiger charge is -2.33. The Morgan fingerprint density at radius 1 is 1.29 bits per heavy atom. The van der Waals surface area contributed by atoms with Crippen LogP contribution in [0.25, 0.3) is 0 Å². The fourth-order valence-electron chi connectivity index (χ4n) is 1.55. The van der Waals surface area contributed by atoms with E-state index in [4.69, 9.17) is 0 Å². The summed E-state index contributed by atoms with van der Waals surface area (Å²) >= 11 is 0. The van der Waals surface area contributed by atoms with Gasteiger partial charge in [-0.3, -0.25) is 4.79 Å². The number of hydrogen-bond donors (Lipinski definition) is 1. The van der Waals surface area contributed by atoms with Gasteiger partial charge in [-0.15, -0.1) is 0 Å². The molecule has 17 heavy (non-hydrogen) atoms. The molecular formula is C11H24N2O3S. The lowest BCUT2D eigenvalue weighted by molar-refractivity contribution is -0.121. The third-order valence-corrected chi connectivity index (χ3v) is 3.79. The molecule has 0 atom stereocenters. The maximum atomic E-state index is 11.6. The summed E-state index contributed by atoms with van der Waals surface area (Å²) in [6.45, 7) is 8.28. The molecule has 0 aromatic rings. The first-order valence-corrected chi connectivity index (χ1v) is 7.68. The molecule has 102 valence electrons. The summed E-state index contributed by atoms with van der Waals surface area (Å²) in [6, 6.07) is 0. The topological polar surface area (TPSA) is 66.5 Å². The van der Waals surface area contributed by atoms with Crippen molar-refractivity contribution in [3.63, 3.8) is 0 Å². The number of carbonyl (C=O) groups excluding carboxylic acids is 1. The molecule has 0 aliphatic carbocycles. The zero-order chi connectivity index (χ0) is 13.7. The SMILES string of the molecule is CCCNC(=O)CCN(C(C)(C)C)S(C)(=O)=O. The van der Waals surface area contributed by atoms with Crippen molar-refractivity contribution in [1.82, 2.24) is 9.62 Å². The van der Waals surface area contributed by atoms with Crippen LogP contribution in [0.5, 0.6) is 0 Å². The lowest BCUT2D eigenvalue weighted by Crippen LogP contribution is -2.46. The van der Waals surface area contributed by atoms with Gasteiger partial charge in [0, 0.05) is 25.0 Å². The molecule has 0 aliphatic rings. The van der Waals surface area contributed by atoms with E-state index in [-0.39, 0.29) is 18.9 Å². The molecule has 0 aromatic heterocycles. The minimum atomic E-state index is -3.29. The van der Waals surface area contributed by atoms with E-state index in [2.05, 4.69) is 5.32 Å². The number of rotatable bonds is 6. The highest BCUT2D eigenvalue weighted by Crippen LogP contribution is 2.17. The predicted octanol–water partition coefficient (Wildman–Crippen LogP) is 0.963. The number of nitrogens with zero attached hydrogens (tertiary/aromatic N) is 1. The van der Waals surface area contributed by atoms with Gasteiger partial charge in [0.1, 0.15) is 0 Å². The van der Waals surface area contributed by atoms with Crippen molar-refractivity contribution in [2.24, 2.45) is 0 Å². The number of nitrogens with one attached hydrogen (secondary N) is 1. The Balaban J connectivity index is 4.45. The van der Waals surface area contributed by atoms with Crippen LogP contribution in [0.3, 0.4) is 0 Å². The molecule has 1 amide bonds. The maximum Gasteiger partial charge on any atom is 0.221 e. The Labute approximate surface area is 105 Å². The van der Waals surface area contributed by atoms with Crippen LogP contribution < -0.4 is 5.32 Å². The number of sulfonamides is 1. The van der Waals surface area contributed by atoms with Crippen LogP contribution in [0.4, 0.5) is 0 Å². The molecule has 1 N–H and O–H groups in total. The highest BCUT2D eigenvalue weighted by atomic mass is 32.2. The van der Waals surface area contributed by atoms with Gasteiger partial charge in [-0.1, -0.05) is 6.92 Å². The average molecular weight is 264 g/mol. The van der Waals surface area contributed by atoms with Gasteiger partial charge >= 0.3 is 0 Å². The zero-order valence-electron chi connectivity index (χ0n) is 11.4. The molecule has 0 fully saturated rings. The first-order valence-electron chi connectivity index (χ1n) is 5.83. The number of amides is 1. The van der Waals surface area contributed by atoms with Crippen LogP contribution in [-0.4, -0.2) is 43.5 Å². The predicted molar refractivity (Wildman–Crippen MR) is 69.2 cm³/mol. The molecular weight excluding hydrogens is 240 g/mol. The molecule has 0 aromatic carbocycles. The number of carbonyl (C=O) groups is 1. The van der Waals surface area contributed by atoms with Crippen molar-refractivity contribution in [2.75, 3.05) is 19.3 Å². The highest BCUT2D eigenvalue weighted by molar-refractivity contribution is 7.88. The largest absolute Gasteiger partial charge is 0.356 e.